The largest absolute Gasteiger partial charge is 0.329 e. The van der Waals surface area contributed by atoms with E-state index in [2.05, 4.69) is 10.2 Å². The van der Waals surface area contributed by atoms with Crippen LogP contribution in [-0.2, 0) is 0 Å². The van der Waals surface area contributed by atoms with E-state index in [4.69, 9.17) is 5.73 Å². The van der Waals surface area contributed by atoms with E-state index in [1.165, 1.54) is 38.8 Å². The van der Waals surface area contributed by atoms with Crippen LogP contribution in [0, 0.1) is 17.8 Å². The minimum atomic E-state index is 0.591. The lowest BCUT2D eigenvalue weighted by molar-refractivity contribution is 0.121. The fourth-order valence-electron chi connectivity index (χ4n) is 4.18. The Labute approximate surface area is 98.8 Å². The molecule has 1 aliphatic heterocycles. The molecule has 0 aromatic carbocycles. The molecule has 3 aliphatic rings. The maximum atomic E-state index is 5.86. The molecule has 3 heteroatoms. The Morgan fingerprint density at radius 3 is 2.88 bits per heavy atom. The second kappa shape index (κ2) is 4.63. The van der Waals surface area contributed by atoms with Gasteiger partial charge in [0.2, 0.25) is 0 Å². The van der Waals surface area contributed by atoms with Crippen molar-refractivity contribution in [1.82, 2.24) is 10.2 Å². The van der Waals surface area contributed by atoms with Crippen LogP contribution in [0.5, 0.6) is 0 Å². The normalized spacial score (nSPS) is 44.1. The Kier molecular flexibility index (Phi) is 3.18. The summed E-state index contributed by atoms with van der Waals surface area (Å²) in [6.07, 6.45) is 6.06. The van der Waals surface area contributed by atoms with E-state index in [1.54, 1.807) is 0 Å². The monoisotopic (exact) mass is 223 g/mol. The third-order valence-electron chi connectivity index (χ3n) is 5.10. The molecule has 3 fully saturated rings. The van der Waals surface area contributed by atoms with Crippen LogP contribution in [0.4, 0.5) is 0 Å². The number of rotatable bonds is 3. The summed E-state index contributed by atoms with van der Waals surface area (Å²) in [6.45, 7) is 5.59. The summed E-state index contributed by atoms with van der Waals surface area (Å²) in [5.74, 6) is 3.12. The quantitative estimate of drug-likeness (QED) is 0.738. The molecule has 0 aromatic rings. The molecule has 0 radical (unpaired) electrons. The van der Waals surface area contributed by atoms with Crippen molar-refractivity contribution in [2.45, 2.75) is 31.7 Å². The highest BCUT2D eigenvalue weighted by molar-refractivity contribution is 4.93. The maximum Gasteiger partial charge on any atom is 0.0343 e. The van der Waals surface area contributed by atoms with E-state index >= 15 is 0 Å². The topological polar surface area (TPSA) is 41.3 Å². The third-order valence-corrected chi connectivity index (χ3v) is 5.10. The fraction of sp³-hybridized carbons (Fsp3) is 1.00. The fourth-order valence-corrected chi connectivity index (χ4v) is 4.18. The van der Waals surface area contributed by atoms with Crippen molar-refractivity contribution in [2.75, 3.05) is 32.7 Å². The molecule has 4 atom stereocenters. The van der Waals surface area contributed by atoms with Gasteiger partial charge in [-0.25, -0.2) is 0 Å². The first-order valence-electron chi connectivity index (χ1n) is 7.01. The molecule has 92 valence electrons. The Morgan fingerprint density at radius 1 is 1.25 bits per heavy atom. The van der Waals surface area contributed by atoms with Crippen molar-refractivity contribution < 1.29 is 0 Å². The lowest BCUT2D eigenvalue weighted by atomic mass is 9.88. The lowest BCUT2D eigenvalue weighted by Crippen LogP contribution is -2.55. The number of hydrogen-bond donors (Lipinski definition) is 2. The Hall–Kier alpha value is -0.120. The van der Waals surface area contributed by atoms with Crippen molar-refractivity contribution in [2.24, 2.45) is 23.5 Å². The molecule has 2 saturated carbocycles. The molecule has 2 aliphatic carbocycles. The number of nitrogens with zero attached hydrogens (tertiary/aromatic N) is 1. The molecule has 2 bridgehead atoms. The predicted octanol–water partition coefficient (Wildman–Crippen LogP) is 0.655. The van der Waals surface area contributed by atoms with Crippen molar-refractivity contribution in [3.05, 3.63) is 0 Å². The van der Waals surface area contributed by atoms with Gasteiger partial charge in [-0.15, -0.1) is 0 Å². The molecule has 0 amide bonds. The van der Waals surface area contributed by atoms with Crippen LogP contribution < -0.4 is 11.1 Å². The zero-order valence-corrected chi connectivity index (χ0v) is 10.2. The SMILES string of the molecule is NCC1CNCCN1CC1CC2CCC1C2. The van der Waals surface area contributed by atoms with Gasteiger partial charge in [0.05, 0.1) is 0 Å². The van der Waals surface area contributed by atoms with Crippen LogP contribution in [0.25, 0.3) is 0 Å². The predicted molar refractivity (Wildman–Crippen MR) is 66.2 cm³/mol. The molecule has 1 saturated heterocycles. The smallest absolute Gasteiger partial charge is 0.0343 e. The van der Waals surface area contributed by atoms with Crippen LogP contribution in [0.2, 0.25) is 0 Å². The standard InChI is InChI=1S/C13H25N3/c14-7-13-8-15-3-4-16(13)9-12-6-10-1-2-11(12)5-10/h10-13,15H,1-9,14H2. The molecule has 0 spiro atoms. The molecule has 1 heterocycles. The van der Waals surface area contributed by atoms with E-state index in [0.29, 0.717) is 6.04 Å². The van der Waals surface area contributed by atoms with Gasteiger partial charge in [0.15, 0.2) is 0 Å². The van der Waals surface area contributed by atoms with Crippen LogP contribution in [0.3, 0.4) is 0 Å². The second-order valence-electron chi connectivity index (χ2n) is 6.02. The van der Waals surface area contributed by atoms with E-state index in [1.807, 2.05) is 0 Å². The number of hydrogen-bond acceptors (Lipinski definition) is 3. The number of fused-ring (bicyclic) bond motifs is 2. The van der Waals surface area contributed by atoms with Crippen LogP contribution >= 0.6 is 0 Å². The molecule has 3 N–H and O–H groups in total. The summed E-state index contributed by atoms with van der Waals surface area (Å²) in [7, 11) is 0. The average molecular weight is 223 g/mol. The van der Waals surface area contributed by atoms with Gasteiger partial charge in [0, 0.05) is 38.8 Å². The Bertz CT molecular complexity index is 243. The van der Waals surface area contributed by atoms with Gasteiger partial charge in [-0.2, -0.15) is 0 Å². The first-order chi connectivity index (χ1) is 7.86. The van der Waals surface area contributed by atoms with Gasteiger partial charge in [-0.3, -0.25) is 4.90 Å². The summed E-state index contributed by atoms with van der Waals surface area (Å²) in [4.78, 5) is 2.65. The van der Waals surface area contributed by atoms with Crippen LogP contribution in [0.15, 0.2) is 0 Å². The first kappa shape index (κ1) is 11.0. The van der Waals surface area contributed by atoms with Gasteiger partial charge in [0.1, 0.15) is 0 Å². The van der Waals surface area contributed by atoms with Crippen molar-refractivity contribution in [3.63, 3.8) is 0 Å². The van der Waals surface area contributed by atoms with Crippen LogP contribution in [0.1, 0.15) is 25.7 Å². The second-order valence-corrected chi connectivity index (χ2v) is 6.02. The molecule has 4 unspecified atom stereocenters. The third kappa shape index (κ3) is 2.01. The van der Waals surface area contributed by atoms with Gasteiger partial charge in [-0.1, -0.05) is 6.42 Å². The average Bonchev–Trinajstić information content (AvgIpc) is 2.92. The minimum absolute atomic E-state index is 0.591. The highest BCUT2D eigenvalue weighted by Gasteiger charge is 2.40. The minimum Gasteiger partial charge on any atom is -0.329 e. The van der Waals surface area contributed by atoms with Gasteiger partial charge in [-0.05, 0) is 37.0 Å². The summed E-state index contributed by atoms with van der Waals surface area (Å²) in [5.41, 5.74) is 5.86. The summed E-state index contributed by atoms with van der Waals surface area (Å²) >= 11 is 0. The molecule has 3 rings (SSSR count). The highest BCUT2D eigenvalue weighted by Crippen LogP contribution is 2.48. The van der Waals surface area contributed by atoms with Crippen molar-refractivity contribution in [1.29, 1.82) is 0 Å². The molecule has 3 nitrogen and oxygen atoms in total. The first-order valence-corrected chi connectivity index (χ1v) is 7.01. The maximum absolute atomic E-state index is 5.86. The summed E-state index contributed by atoms with van der Waals surface area (Å²) in [5, 5.41) is 3.45. The van der Waals surface area contributed by atoms with Crippen LogP contribution in [-0.4, -0.2) is 43.7 Å². The van der Waals surface area contributed by atoms with E-state index in [0.717, 1.165) is 37.4 Å². The molecular weight excluding hydrogens is 198 g/mol. The van der Waals surface area contributed by atoms with E-state index < -0.39 is 0 Å². The molecule has 0 aromatic heterocycles. The highest BCUT2D eigenvalue weighted by atomic mass is 15.2. The molecule has 16 heavy (non-hydrogen) atoms. The van der Waals surface area contributed by atoms with Crippen molar-refractivity contribution >= 4 is 0 Å². The molecular formula is C13H25N3. The number of piperazine rings is 1. The lowest BCUT2D eigenvalue weighted by Gasteiger charge is -2.38. The Balaban J connectivity index is 1.56. The Morgan fingerprint density at radius 2 is 2.19 bits per heavy atom. The van der Waals surface area contributed by atoms with Crippen molar-refractivity contribution in [3.8, 4) is 0 Å². The summed E-state index contributed by atoms with van der Waals surface area (Å²) < 4.78 is 0. The zero-order valence-electron chi connectivity index (χ0n) is 10.2. The zero-order chi connectivity index (χ0) is 11.0. The van der Waals surface area contributed by atoms with E-state index in [9.17, 15) is 0 Å². The van der Waals surface area contributed by atoms with E-state index in [-0.39, 0.29) is 0 Å². The summed E-state index contributed by atoms with van der Waals surface area (Å²) in [6, 6.07) is 0.591. The number of nitrogens with two attached hydrogens (primary N) is 1. The van der Waals surface area contributed by atoms with Gasteiger partial charge in [0.25, 0.3) is 0 Å². The number of nitrogens with one attached hydrogen (secondary N) is 1. The van der Waals surface area contributed by atoms with Gasteiger partial charge < -0.3 is 11.1 Å². The van der Waals surface area contributed by atoms with Gasteiger partial charge >= 0.3 is 0 Å².